The maximum atomic E-state index is 3.73. The number of hydrogen-bond acceptors (Lipinski definition) is 0. The Morgan fingerprint density at radius 3 is 2.07 bits per heavy atom. The van der Waals surface area contributed by atoms with Crippen molar-refractivity contribution in [1.82, 2.24) is 0 Å². The molecule has 15 heavy (non-hydrogen) atoms. The van der Waals surface area contributed by atoms with E-state index < -0.39 is 0 Å². The van der Waals surface area contributed by atoms with Crippen molar-refractivity contribution in [2.45, 2.75) is 48.5 Å². The molecule has 1 aromatic carbocycles. The molecule has 0 heteroatoms. The van der Waals surface area contributed by atoms with Crippen LogP contribution >= 0.6 is 0 Å². The van der Waals surface area contributed by atoms with Gasteiger partial charge >= 0.3 is 0 Å². The third-order valence-electron chi connectivity index (χ3n) is 1.81. The van der Waals surface area contributed by atoms with Crippen molar-refractivity contribution < 1.29 is 0 Å². The van der Waals surface area contributed by atoms with Gasteiger partial charge in [0, 0.05) is 0 Å². The third kappa shape index (κ3) is 6.96. The molecule has 0 fully saturated rings. The van der Waals surface area contributed by atoms with Crippen LogP contribution in [0.25, 0.3) is 6.08 Å². The summed E-state index contributed by atoms with van der Waals surface area (Å²) in [5.74, 6) is 0.606. The molecular formula is C15H28. The fourth-order valence-electron chi connectivity index (χ4n) is 1.05. The van der Waals surface area contributed by atoms with Crippen LogP contribution in [0.5, 0.6) is 0 Å². The Morgan fingerprint density at radius 2 is 1.67 bits per heavy atom. The second kappa shape index (κ2) is 11.0. The minimum absolute atomic E-state index is 0. The fourth-order valence-corrected chi connectivity index (χ4v) is 1.05. The number of hydrogen-bond donors (Lipinski definition) is 0. The van der Waals surface area contributed by atoms with Gasteiger partial charge in [-0.3, -0.25) is 0 Å². The van der Waals surface area contributed by atoms with E-state index in [-0.39, 0.29) is 14.9 Å². The molecule has 0 aliphatic carbocycles. The molecule has 0 nitrogen and oxygen atoms in total. The normalized spacial score (nSPS) is 7.80. The molecule has 1 aromatic rings. The maximum Gasteiger partial charge on any atom is -0.0219 e. The second-order valence-electron chi connectivity index (χ2n) is 3.03. The summed E-state index contributed by atoms with van der Waals surface area (Å²) in [6.07, 6.45) is 1.88. The quantitative estimate of drug-likeness (QED) is 0.580. The highest BCUT2D eigenvalue weighted by Crippen LogP contribution is 2.15. The first-order valence-corrected chi connectivity index (χ1v) is 4.96. The molecule has 0 amide bonds. The zero-order chi connectivity index (χ0) is 10.3. The number of benzene rings is 1. The van der Waals surface area contributed by atoms with Crippen LogP contribution < -0.4 is 0 Å². The molecule has 88 valence electrons. The zero-order valence-corrected chi connectivity index (χ0v) is 9.17. The predicted octanol–water partition coefficient (Wildman–Crippen LogP) is 5.75. The molecule has 0 saturated heterocycles. The average molecular weight is 208 g/mol. The molecule has 0 bridgehead atoms. The van der Waals surface area contributed by atoms with E-state index in [0.29, 0.717) is 5.92 Å². The van der Waals surface area contributed by atoms with Gasteiger partial charge in [0.2, 0.25) is 0 Å². The summed E-state index contributed by atoms with van der Waals surface area (Å²) >= 11 is 0. The standard InChI is InChI=1S/C11H14.C2H6.2CH4/c1-4-10-6-5-7-11(8-10)9(2)3;1-2;;/h4-9H,1H2,2-3H3;1-2H3;2*1H4. The average Bonchev–Trinajstić information content (AvgIpc) is 2.21. The topological polar surface area (TPSA) is 0 Å². The molecule has 1 rings (SSSR count). The monoisotopic (exact) mass is 208 g/mol. The minimum Gasteiger partial charge on any atom is -0.0985 e. The Labute approximate surface area is 97.0 Å². The number of rotatable bonds is 2. The van der Waals surface area contributed by atoms with Crippen molar-refractivity contribution in [1.29, 1.82) is 0 Å². The molecule has 0 aromatic heterocycles. The van der Waals surface area contributed by atoms with Crippen LogP contribution in [0.3, 0.4) is 0 Å². The van der Waals surface area contributed by atoms with Gasteiger partial charge in [0.05, 0.1) is 0 Å². The summed E-state index contributed by atoms with van der Waals surface area (Å²) in [5.41, 5.74) is 2.58. The van der Waals surface area contributed by atoms with Gasteiger partial charge in [0.25, 0.3) is 0 Å². The van der Waals surface area contributed by atoms with E-state index in [0.717, 1.165) is 0 Å². The van der Waals surface area contributed by atoms with Crippen molar-refractivity contribution >= 4 is 6.08 Å². The second-order valence-corrected chi connectivity index (χ2v) is 3.03. The van der Waals surface area contributed by atoms with E-state index >= 15 is 0 Å². The van der Waals surface area contributed by atoms with Crippen molar-refractivity contribution in [3.05, 3.63) is 42.0 Å². The molecule has 0 heterocycles. The van der Waals surface area contributed by atoms with Crippen LogP contribution in [-0.2, 0) is 0 Å². The van der Waals surface area contributed by atoms with Gasteiger partial charge in [0.1, 0.15) is 0 Å². The lowest BCUT2D eigenvalue weighted by Crippen LogP contribution is -1.86. The van der Waals surface area contributed by atoms with Crippen molar-refractivity contribution in [3.63, 3.8) is 0 Å². The van der Waals surface area contributed by atoms with E-state index in [9.17, 15) is 0 Å². The first-order valence-electron chi connectivity index (χ1n) is 4.96. The first kappa shape index (κ1) is 19.5. The van der Waals surface area contributed by atoms with Gasteiger partial charge in [-0.1, -0.05) is 79.5 Å². The van der Waals surface area contributed by atoms with E-state index in [1.54, 1.807) is 0 Å². The largest absolute Gasteiger partial charge is 0.0985 e. The van der Waals surface area contributed by atoms with E-state index in [1.165, 1.54) is 11.1 Å². The molecule has 0 aliphatic rings. The fraction of sp³-hybridized carbons (Fsp3) is 0.467. The van der Waals surface area contributed by atoms with Crippen LogP contribution in [0.15, 0.2) is 30.8 Å². The van der Waals surface area contributed by atoms with Gasteiger partial charge in [-0.15, -0.1) is 0 Å². The lowest BCUT2D eigenvalue weighted by atomic mass is 10.0. The van der Waals surface area contributed by atoms with Crippen LogP contribution in [0.4, 0.5) is 0 Å². The van der Waals surface area contributed by atoms with Crippen LogP contribution in [-0.4, -0.2) is 0 Å². The lowest BCUT2D eigenvalue weighted by molar-refractivity contribution is 0.866. The SMILES string of the molecule is C.C.C=Cc1cccc(C(C)C)c1.CC. The highest BCUT2D eigenvalue weighted by atomic mass is 14.0. The highest BCUT2D eigenvalue weighted by molar-refractivity contribution is 5.48. The lowest BCUT2D eigenvalue weighted by Gasteiger charge is -2.04. The summed E-state index contributed by atoms with van der Waals surface area (Å²) < 4.78 is 0. The minimum atomic E-state index is 0. The van der Waals surface area contributed by atoms with Crippen LogP contribution in [0.2, 0.25) is 0 Å². The molecule has 0 unspecified atom stereocenters. The third-order valence-corrected chi connectivity index (χ3v) is 1.81. The predicted molar refractivity (Wildman–Crippen MR) is 75.4 cm³/mol. The molecule has 0 atom stereocenters. The highest BCUT2D eigenvalue weighted by Gasteiger charge is 1.96. The maximum absolute atomic E-state index is 3.73. The Balaban J connectivity index is -0.000000339. The van der Waals surface area contributed by atoms with E-state index in [4.69, 9.17) is 0 Å². The molecular weight excluding hydrogens is 180 g/mol. The van der Waals surface area contributed by atoms with Crippen LogP contribution in [0.1, 0.15) is 59.6 Å². The molecule has 0 radical (unpaired) electrons. The van der Waals surface area contributed by atoms with Crippen molar-refractivity contribution in [2.24, 2.45) is 0 Å². The van der Waals surface area contributed by atoms with Gasteiger partial charge < -0.3 is 0 Å². The van der Waals surface area contributed by atoms with Crippen molar-refractivity contribution in [3.8, 4) is 0 Å². The molecule has 0 aliphatic heterocycles. The smallest absolute Gasteiger partial charge is 0.0219 e. The van der Waals surface area contributed by atoms with Crippen LogP contribution in [0, 0.1) is 0 Å². The van der Waals surface area contributed by atoms with Gasteiger partial charge in [-0.25, -0.2) is 0 Å². The Morgan fingerprint density at radius 1 is 1.13 bits per heavy atom. The van der Waals surface area contributed by atoms with E-state index in [1.807, 2.05) is 19.9 Å². The van der Waals surface area contributed by atoms with E-state index in [2.05, 4.69) is 44.7 Å². The summed E-state index contributed by atoms with van der Waals surface area (Å²) in [6, 6.07) is 8.47. The van der Waals surface area contributed by atoms with Gasteiger partial charge in [-0.2, -0.15) is 0 Å². The molecule has 0 saturated carbocycles. The summed E-state index contributed by atoms with van der Waals surface area (Å²) in [4.78, 5) is 0. The Hall–Kier alpha value is -1.04. The van der Waals surface area contributed by atoms with Gasteiger partial charge in [-0.05, 0) is 17.0 Å². The Kier molecular flexibility index (Phi) is 14.4. The summed E-state index contributed by atoms with van der Waals surface area (Å²) in [7, 11) is 0. The summed E-state index contributed by atoms with van der Waals surface area (Å²) in [5, 5.41) is 0. The Bertz CT molecular complexity index is 246. The van der Waals surface area contributed by atoms with Crippen molar-refractivity contribution in [2.75, 3.05) is 0 Å². The molecule has 0 spiro atoms. The van der Waals surface area contributed by atoms with Gasteiger partial charge in [0.15, 0.2) is 0 Å². The first-order chi connectivity index (χ1) is 6.24. The zero-order valence-electron chi connectivity index (χ0n) is 9.17. The summed E-state index contributed by atoms with van der Waals surface area (Å²) in [6.45, 7) is 12.1. The molecule has 0 N–H and O–H groups in total.